The molecule has 3 aliphatic carbocycles. The zero-order valence-corrected chi connectivity index (χ0v) is 22.1. The molecule has 8 heteroatoms. The Morgan fingerprint density at radius 1 is 1.06 bits per heavy atom. The molecule has 2 saturated carbocycles. The van der Waals surface area contributed by atoms with E-state index in [1.54, 1.807) is 4.90 Å². The maximum absolute atomic E-state index is 13.6. The van der Waals surface area contributed by atoms with E-state index in [0.29, 0.717) is 13.1 Å². The molecule has 3 amide bonds. The number of allylic oxidation sites excluding steroid dienone is 2. The van der Waals surface area contributed by atoms with E-state index in [2.05, 4.69) is 38.7 Å². The fourth-order valence-electron chi connectivity index (χ4n) is 6.41. The van der Waals surface area contributed by atoms with Crippen LogP contribution in [0.5, 0.6) is 0 Å². The van der Waals surface area contributed by atoms with Crippen LogP contribution in [0.25, 0.3) is 0 Å². The van der Waals surface area contributed by atoms with Gasteiger partial charge in [-0.25, -0.2) is 4.79 Å². The number of likely N-dealkylation sites (tertiary alicyclic amines) is 1. The highest BCUT2D eigenvalue weighted by molar-refractivity contribution is 9.10. The SMILES string of the molecule is CC(C)(C)OC(=O)N1CCCC1CNC(=O)[C@H]1[C@H](C(=O)Nc2ccc(Br)cc2)[C@@H]2C=C[C@H]1C21CC1. The van der Waals surface area contributed by atoms with Gasteiger partial charge in [0.25, 0.3) is 0 Å². The monoisotopic (exact) mass is 543 g/mol. The van der Waals surface area contributed by atoms with Gasteiger partial charge in [-0.3, -0.25) is 9.59 Å². The molecule has 4 aliphatic rings. The number of rotatable bonds is 5. The first-order chi connectivity index (χ1) is 16.6. The average Bonchev–Trinajstić information content (AvgIpc) is 3.20. The predicted molar refractivity (Wildman–Crippen MR) is 137 cm³/mol. The Labute approximate surface area is 215 Å². The molecule has 7 nitrogen and oxygen atoms in total. The van der Waals surface area contributed by atoms with E-state index in [0.717, 1.165) is 35.8 Å². The van der Waals surface area contributed by atoms with Crippen molar-refractivity contribution in [3.05, 3.63) is 40.9 Å². The lowest BCUT2D eigenvalue weighted by Crippen LogP contribution is -2.48. The standard InChI is InChI=1S/C27H34BrN3O4/c1-26(2,3)35-25(34)31-14-4-5-18(31)15-29-23(32)21-19-10-11-20(27(19)12-13-27)22(21)24(33)30-17-8-6-16(28)7-9-17/h6-11,18-22H,4-5,12-15H2,1-3H3,(H,29,32)(H,30,33)/t18?,19-,20+,21-,22-/m1/s1. The largest absolute Gasteiger partial charge is 0.444 e. The molecule has 2 N–H and O–H groups in total. The smallest absolute Gasteiger partial charge is 0.410 e. The molecule has 1 saturated heterocycles. The van der Waals surface area contributed by atoms with Crippen LogP contribution in [0.2, 0.25) is 0 Å². The molecule has 1 aromatic carbocycles. The van der Waals surface area contributed by atoms with Crippen molar-refractivity contribution in [2.75, 3.05) is 18.4 Å². The summed E-state index contributed by atoms with van der Waals surface area (Å²) < 4.78 is 6.50. The average molecular weight is 544 g/mol. The molecular weight excluding hydrogens is 510 g/mol. The number of anilines is 1. The van der Waals surface area contributed by atoms with Crippen LogP contribution in [0.3, 0.4) is 0 Å². The quantitative estimate of drug-likeness (QED) is 0.525. The summed E-state index contributed by atoms with van der Waals surface area (Å²) >= 11 is 3.42. The summed E-state index contributed by atoms with van der Waals surface area (Å²) in [6.45, 7) is 6.58. The number of nitrogens with zero attached hydrogens (tertiary/aromatic N) is 1. The summed E-state index contributed by atoms with van der Waals surface area (Å²) in [5.74, 6) is -0.755. The van der Waals surface area contributed by atoms with Crippen LogP contribution >= 0.6 is 15.9 Å². The highest BCUT2D eigenvalue weighted by Crippen LogP contribution is 2.72. The predicted octanol–water partition coefficient (Wildman–Crippen LogP) is 4.73. The van der Waals surface area contributed by atoms with Crippen LogP contribution in [-0.2, 0) is 14.3 Å². The second-order valence-electron chi connectivity index (χ2n) is 11.4. The zero-order valence-electron chi connectivity index (χ0n) is 20.6. The molecule has 1 aromatic rings. The third-order valence-electron chi connectivity index (χ3n) is 8.08. The van der Waals surface area contributed by atoms with Crippen molar-refractivity contribution in [1.82, 2.24) is 10.2 Å². The van der Waals surface area contributed by atoms with Crippen LogP contribution in [0, 0.1) is 29.1 Å². The number of nitrogens with one attached hydrogen (secondary N) is 2. The molecule has 0 aromatic heterocycles. The molecule has 2 bridgehead atoms. The Hall–Kier alpha value is -2.35. The number of hydrogen-bond donors (Lipinski definition) is 2. The number of benzene rings is 1. The van der Waals surface area contributed by atoms with Gasteiger partial charge in [0, 0.05) is 23.2 Å². The molecule has 1 spiro atoms. The number of halogens is 1. The van der Waals surface area contributed by atoms with Crippen molar-refractivity contribution < 1.29 is 19.1 Å². The molecule has 1 heterocycles. The first-order valence-electron chi connectivity index (χ1n) is 12.6. The lowest BCUT2D eigenvalue weighted by Gasteiger charge is -2.30. The molecular formula is C27H34BrN3O4. The summed E-state index contributed by atoms with van der Waals surface area (Å²) in [6, 6.07) is 7.41. The highest BCUT2D eigenvalue weighted by atomic mass is 79.9. The fourth-order valence-corrected chi connectivity index (χ4v) is 6.68. The first kappa shape index (κ1) is 24.3. The summed E-state index contributed by atoms with van der Waals surface area (Å²) in [6.07, 6.45) is 7.83. The number of hydrogen-bond acceptors (Lipinski definition) is 4. The van der Waals surface area contributed by atoms with E-state index in [4.69, 9.17) is 4.74 Å². The van der Waals surface area contributed by atoms with E-state index in [-0.39, 0.29) is 53.0 Å². The lowest BCUT2D eigenvalue weighted by molar-refractivity contribution is -0.133. The summed E-state index contributed by atoms with van der Waals surface area (Å²) in [7, 11) is 0. The van der Waals surface area contributed by atoms with Gasteiger partial charge in [0.1, 0.15) is 5.60 Å². The molecule has 3 fully saturated rings. The number of carbonyl (C=O) groups is 3. The van der Waals surface area contributed by atoms with Crippen molar-refractivity contribution in [3.63, 3.8) is 0 Å². The normalized spacial score (nSPS) is 29.9. The van der Waals surface area contributed by atoms with Crippen LogP contribution < -0.4 is 10.6 Å². The van der Waals surface area contributed by atoms with E-state index in [9.17, 15) is 14.4 Å². The number of carbonyl (C=O) groups excluding carboxylic acids is 3. The van der Waals surface area contributed by atoms with Gasteiger partial charge in [-0.05, 0) is 88.0 Å². The van der Waals surface area contributed by atoms with Gasteiger partial charge in [-0.15, -0.1) is 0 Å². The zero-order chi connectivity index (χ0) is 25.0. The molecule has 188 valence electrons. The highest BCUT2D eigenvalue weighted by Gasteiger charge is 2.69. The minimum Gasteiger partial charge on any atom is -0.444 e. The van der Waals surface area contributed by atoms with Crippen molar-refractivity contribution in [2.24, 2.45) is 29.1 Å². The van der Waals surface area contributed by atoms with Gasteiger partial charge >= 0.3 is 6.09 Å². The Bertz CT molecular complexity index is 1040. The first-order valence-corrected chi connectivity index (χ1v) is 13.4. The molecule has 1 aliphatic heterocycles. The number of ether oxygens (including phenoxy) is 1. The van der Waals surface area contributed by atoms with Crippen LogP contribution in [-0.4, -0.2) is 47.5 Å². The number of amides is 3. The molecule has 5 rings (SSSR count). The van der Waals surface area contributed by atoms with Gasteiger partial charge in [0.05, 0.1) is 17.9 Å². The Morgan fingerprint density at radius 3 is 2.29 bits per heavy atom. The minimum atomic E-state index is -0.559. The molecule has 35 heavy (non-hydrogen) atoms. The Morgan fingerprint density at radius 2 is 1.69 bits per heavy atom. The third-order valence-corrected chi connectivity index (χ3v) is 8.60. The molecule has 5 atom stereocenters. The van der Waals surface area contributed by atoms with E-state index < -0.39 is 5.60 Å². The van der Waals surface area contributed by atoms with E-state index in [1.807, 2.05) is 45.0 Å². The van der Waals surface area contributed by atoms with E-state index >= 15 is 0 Å². The Kier molecular flexibility index (Phi) is 6.22. The molecule has 1 unspecified atom stereocenters. The summed E-state index contributed by atoms with van der Waals surface area (Å²) in [5.41, 5.74) is 0.240. The summed E-state index contributed by atoms with van der Waals surface area (Å²) in [4.78, 5) is 41.4. The summed E-state index contributed by atoms with van der Waals surface area (Å²) in [5, 5.41) is 6.16. The second-order valence-corrected chi connectivity index (χ2v) is 12.3. The lowest BCUT2D eigenvalue weighted by atomic mass is 9.81. The van der Waals surface area contributed by atoms with Crippen molar-refractivity contribution in [3.8, 4) is 0 Å². The fraction of sp³-hybridized carbons (Fsp3) is 0.593. The van der Waals surface area contributed by atoms with Crippen molar-refractivity contribution in [2.45, 2.75) is 58.1 Å². The van der Waals surface area contributed by atoms with Crippen molar-refractivity contribution in [1.29, 1.82) is 0 Å². The van der Waals surface area contributed by atoms with Gasteiger partial charge in [0.2, 0.25) is 11.8 Å². The van der Waals surface area contributed by atoms with E-state index in [1.165, 1.54) is 0 Å². The van der Waals surface area contributed by atoms with Crippen molar-refractivity contribution >= 4 is 39.5 Å². The second kappa shape index (κ2) is 8.95. The van der Waals surface area contributed by atoms with Gasteiger partial charge < -0.3 is 20.3 Å². The Balaban J connectivity index is 1.27. The van der Waals surface area contributed by atoms with Crippen LogP contribution in [0.1, 0.15) is 46.5 Å². The third kappa shape index (κ3) is 4.61. The van der Waals surface area contributed by atoms with Gasteiger partial charge in [-0.2, -0.15) is 0 Å². The minimum absolute atomic E-state index is 0.0691. The maximum Gasteiger partial charge on any atom is 0.410 e. The maximum atomic E-state index is 13.6. The van der Waals surface area contributed by atoms with Crippen LogP contribution in [0.15, 0.2) is 40.9 Å². The molecule has 0 radical (unpaired) electrons. The van der Waals surface area contributed by atoms with Crippen LogP contribution in [0.4, 0.5) is 10.5 Å². The van der Waals surface area contributed by atoms with Gasteiger partial charge in [0.15, 0.2) is 0 Å². The topological polar surface area (TPSA) is 87.7 Å². The van der Waals surface area contributed by atoms with Gasteiger partial charge in [-0.1, -0.05) is 28.1 Å².